The Balaban J connectivity index is 1.69. The summed E-state index contributed by atoms with van der Waals surface area (Å²) in [6, 6.07) is 9.96. The van der Waals surface area contributed by atoms with Crippen LogP contribution in [0.2, 0.25) is 0 Å². The number of hydrogen-bond acceptors (Lipinski definition) is 3. The summed E-state index contributed by atoms with van der Waals surface area (Å²) in [4.78, 5) is 13.2. The van der Waals surface area contributed by atoms with Crippen LogP contribution >= 0.6 is 15.9 Å². The van der Waals surface area contributed by atoms with E-state index in [0.717, 1.165) is 47.4 Å². The zero-order valence-electron chi connectivity index (χ0n) is 13.4. The number of amides is 1. The number of quaternary nitrogens is 1. The number of nitrogens with one attached hydrogen (secondary N) is 2. The Kier molecular flexibility index (Phi) is 6.43. The summed E-state index contributed by atoms with van der Waals surface area (Å²) in [6.07, 6.45) is 3.55. The Morgan fingerprint density at radius 2 is 2.04 bits per heavy atom. The molecule has 0 saturated heterocycles. The number of nitriles is 1. The van der Waals surface area contributed by atoms with E-state index in [0.29, 0.717) is 13.2 Å². The third-order valence-corrected chi connectivity index (χ3v) is 4.65. The van der Waals surface area contributed by atoms with Crippen molar-refractivity contribution in [2.75, 3.05) is 26.7 Å². The lowest BCUT2D eigenvalue weighted by atomic mass is 10.00. The second-order valence-corrected chi connectivity index (χ2v) is 7.05. The van der Waals surface area contributed by atoms with Crippen LogP contribution in [0.5, 0.6) is 5.75 Å². The standard InChI is InChI=1S/C17H22BrN3O2/c1-21(10-11-23-15-6-4-14(18)5-7-15)12-16(22)20-17(13-19)8-2-3-9-17/h4-7H,2-3,8-12H2,1H3,(H,20,22)/p+1. The van der Waals surface area contributed by atoms with E-state index in [9.17, 15) is 10.1 Å². The maximum Gasteiger partial charge on any atom is 0.276 e. The predicted octanol–water partition coefficient (Wildman–Crippen LogP) is 1.30. The smallest absolute Gasteiger partial charge is 0.276 e. The minimum atomic E-state index is -0.634. The van der Waals surface area contributed by atoms with E-state index < -0.39 is 5.54 Å². The topological polar surface area (TPSA) is 66.6 Å². The fraction of sp³-hybridized carbons (Fsp3) is 0.529. The molecule has 23 heavy (non-hydrogen) atoms. The van der Waals surface area contributed by atoms with Gasteiger partial charge >= 0.3 is 0 Å². The van der Waals surface area contributed by atoms with Gasteiger partial charge in [-0.15, -0.1) is 0 Å². The number of carbonyl (C=O) groups excluding carboxylic acids is 1. The van der Waals surface area contributed by atoms with E-state index in [1.807, 2.05) is 31.3 Å². The molecule has 0 heterocycles. The second-order valence-electron chi connectivity index (χ2n) is 6.14. The number of halogens is 1. The first-order chi connectivity index (χ1) is 11.0. The first-order valence-corrected chi connectivity index (χ1v) is 8.74. The summed E-state index contributed by atoms with van der Waals surface area (Å²) in [5.74, 6) is 0.759. The van der Waals surface area contributed by atoms with Crippen LogP contribution in [0.1, 0.15) is 25.7 Å². The van der Waals surface area contributed by atoms with Gasteiger partial charge in [0.2, 0.25) is 0 Å². The highest BCUT2D eigenvalue weighted by atomic mass is 79.9. The minimum absolute atomic E-state index is 0.0606. The second kappa shape index (κ2) is 8.32. The van der Waals surface area contributed by atoms with Crippen molar-refractivity contribution >= 4 is 21.8 Å². The van der Waals surface area contributed by atoms with Crippen LogP contribution in [0.3, 0.4) is 0 Å². The molecule has 0 radical (unpaired) electrons. The van der Waals surface area contributed by atoms with E-state index in [2.05, 4.69) is 27.3 Å². The average molecular weight is 381 g/mol. The third kappa shape index (κ3) is 5.52. The molecular weight excluding hydrogens is 358 g/mol. The number of nitrogens with zero attached hydrogens (tertiary/aromatic N) is 1. The summed E-state index contributed by atoms with van der Waals surface area (Å²) in [5, 5.41) is 12.2. The van der Waals surface area contributed by atoms with Gasteiger partial charge in [-0.2, -0.15) is 5.26 Å². The molecule has 1 aliphatic carbocycles. The van der Waals surface area contributed by atoms with Crippen LogP contribution < -0.4 is 15.0 Å². The number of rotatable bonds is 7. The normalized spacial score (nSPS) is 17.3. The Labute approximate surface area is 145 Å². The van der Waals surface area contributed by atoms with Crippen LogP contribution in [0.15, 0.2) is 28.7 Å². The molecule has 0 bridgehead atoms. The summed E-state index contributed by atoms with van der Waals surface area (Å²) in [7, 11) is 1.96. The van der Waals surface area contributed by atoms with Crippen molar-refractivity contribution in [1.29, 1.82) is 5.26 Å². The molecule has 1 unspecified atom stereocenters. The zero-order chi connectivity index (χ0) is 16.7. The van der Waals surface area contributed by atoms with Gasteiger partial charge in [-0.1, -0.05) is 15.9 Å². The molecular formula is C17H23BrN3O2+. The maximum absolute atomic E-state index is 12.1. The lowest BCUT2D eigenvalue weighted by Gasteiger charge is -2.23. The predicted molar refractivity (Wildman–Crippen MR) is 91.2 cm³/mol. The van der Waals surface area contributed by atoms with Gasteiger partial charge in [0, 0.05) is 4.47 Å². The Bertz CT molecular complexity index is 562. The van der Waals surface area contributed by atoms with Crippen LogP contribution in [0.4, 0.5) is 0 Å². The van der Waals surface area contributed by atoms with E-state index in [1.165, 1.54) is 0 Å². The van der Waals surface area contributed by atoms with Crippen molar-refractivity contribution in [3.05, 3.63) is 28.7 Å². The maximum atomic E-state index is 12.1. The molecule has 1 fully saturated rings. The first-order valence-electron chi connectivity index (χ1n) is 7.95. The molecule has 0 spiro atoms. The van der Waals surface area contributed by atoms with Gasteiger partial charge in [-0.05, 0) is 49.9 Å². The zero-order valence-corrected chi connectivity index (χ0v) is 15.0. The van der Waals surface area contributed by atoms with Crippen molar-refractivity contribution in [2.45, 2.75) is 31.2 Å². The highest BCUT2D eigenvalue weighted by Gasteiger charge is 2.35. The van der Waals surface area contributed by atoms with Crippen LogP contribution in [-0.2, 0) is 4.79 Å². The molecule has 2 rings (SSSR count). The molecule has 6 heteroatoms. The van der Waals surface area contributed by atoms with Gasteiger partial charge in [-0.25, -0.2) is 0 Å². The largest absolute Gasteiger partial charge is 0.488 e. The van der Waals surface area contributed by atoms with Gasteiger partial charge in [0.05, 0.1) is 13.1 Å². The average Bonchev–Trinajstić information content (AvgIpc) is 2.98. The number of likely N-dealkylation sites (N-methyl/N-ethyl adjacent to an activating group) is 1. The summed E-state index contributed by atoms with van der Waals surface area (Å²) in [6.45, 7) is 1.63. The fourth-order valence-electron chi connectivity index (χ4n) is 2.79. The lowest BCUT2D eigenvalue weighted by molar-refractivity contribution is -0.871. The van der Waals surface area contributed by atoms with Gasteiger partial charge in [0.15, 0.2) is 6.54 Å². The fourth-order valence-corrected chi connectivity index (χ4v) is 3.06. The number of carbonyl (C=O) groups is 1. The number of hydrogen-bond donors (Lipinski definition) is 2. The highest BCUT2D eigenvalue weighted by Crippen LogP contribution is 2.28. The SMILES string of the molecule is C[NH+](CCOc1ccc(Br)cc1)CC(=O)NC1(C#N)CCCC1. The summed E-state index contributed by atoms with van der Waals surface area (Å²) in [5.41, 5.74) is -0.634. The third-order valence-electron chi connectivity index (χ3n) is 4.12. The van der Waals surface area contributed by atoms with Crippen molar-refractivity contribution in [3.63, 3.8) is 0 Å². The molecule has 1 aliphatic rings. The molecule has 0 aromatic heterocycles. The quantitative estimate of drug-likeness (QED) is 0.748. The molecule has 1 amide bonds. The molecule has 2 N–H and O–H groups in total. The number of benzene rings is 1. The monoisotopic (exact) mass is 380 g/mol. The molecule has 1 aromatic rings. The van der Waals surface area contributed by atoms with Crippen molar-refractivity contribution in [2.24, 2.45) is 0 Å². The molecule has 1 saturated carbocycles. The highest BCUT2D eigenvalue weighted by molar-refractivity contribution is 9.10. The van der Waals surface area contributed by atoms with E-state index in [4.69, 9.17) is 4.74 Å². The van der Waals surface area contributed by atoms with Gasteiger partial charge in [0.1, 0.15) is 24.4 Å². The van der Waals surface area contributed by atoms with Crippen molar-refractivity contribution in [1.82, 2.24) is 5.32 Å². The summed E-state index contributed by atoms with van der Waals surface area (Å²) < 4.78 is 6.68. The van der Waals surface area contributed by atoms with E-state index in [1.54, 1.807) is 0 Å². The minimum Gasteiger partial charge on any atom is -0.488 e. The van der Waals surface area contributed by atoms with Crippen LogP contribution in [0.25, 0.3) is 0 Å². The van der Waals surface area contributed by atoms with Gasteiger partial charge < -0.3 is 15.0 Å². The Hall–Kier alpha value is -1.58. The molecule has 124 valence electrons. The Morgan fingerprint density at radius 1 is 1.39 bits per heavy atom. The Morgan fingerprint density at radius 3 is 2.65 bits per heavy atom. The van der Waals surface area contributed by atoms with Crippen LogP contribution in [0, 0.1) is 11.3 Å². The van der Waals surface area contributed by atoms with Gasteiger partial charge in [0.25, 0.3) is 5.91 Å². The first kappa shape index (κ1) is 17.8. The van der Waals surface area contributed by atoms with E-state index >= 15 is 0 Å². The van der Waals surface area contributed by atoms with Crippen molar-refractivity contribution < 1.29 is 14.4 Å². The molecule has 1 atom stereocenters. The van der Waals surface area contributed by atoms with E-state index in [-0.39, 0.29) is 5.91 Å². The lowest BCUT2D eigenvalue weighted by Crippen LogP contribution is -3.11. The molecule has 5 nitrogen and oxygen atoms in total. The van der Waals surface area contributed by atoms with Gasteiger partial charge in [-0.3, -0.25) is 4.79 Å². The number of ether oxygens (including phenoxy) is 1. The van der Waals surface area contributed by atoms with Crippen LogP contribution in [-0.4, -0.2) is 38.2 Å². The van der Waals surface area contributed by atoms with Crippen molar-refractivity contribution in [3.8, 4) is 11.8 Å². The summed E-state index contributed by atoms with van der Waals surface area (Å²) >= 11 is 3.38. The molecule has 1 aromatic carbocycles. The molecule has 0 aliphatic heterocycles.